The van der Waals surface area contributed by atoms with Crippen LogP contribution in [-0.4, -0.2) is 19.3 Å². The number of aromatic nitrogens is 4. The van der Waals surface area contributed by atoms with E-state index in [4.69, 9.17) is 11.8 Å². The number of H-pyrrole nitrogens is 1. The zero-order valence-electron chi connectivity index (χ0n) is 5.28. The Balaban J connectivity index is 3.06. The summed E-state index contributed by atoms with van der Waals surface area (Å²) in [7, 11) is 0. The molecule has 0 atom stereocenters. The maximum Gasteiger partial charge on any atom is 0.261 e. The van der Waals surface area contributed by atoms with Crippen molar-refractivity contribution in [1.82, 2.24) is 19.3 Å². The third-order valence-corrected chi connectivity index (χ3v) is 1.58. The Bertz CT molecular complexity index is 445. The van der Waals surface area contributed by atoms with Gasteiger partial charge in [0.25, 0.3) is 5.56 Å². The number of rotatable bonds is 0. The molecule has 0 saturated heterocycles. The molecule has 2 heterocycles. The Labute approximate surface area is 65.7 Å². The van der Waals surface area contributed by atoms with E-state index < -0.39 is 0 Å². The second-order valence-electron chi connectivity index (χ2n) is 1.97. The van der Waals surface area contributed by atoms with Gasteiger partial charge in [0.05, 0.1) is 12.5 Å². The summed E-state index contributed by atoms with van der Waals surface area (Å²) in [6, 6.07) is 0. The number of fused-ring (bicyclic) bond motifs is 1. The highest BCUT2D eigenvalue weighted by molar-refractivity contribution is 6.17. The first-order valence-corrected chi connectivity index (χ1v) is 3.20. The fourth-order valence-electron chi connectivity index (χ4n) is 0.827. The molecule has 0 aliphatic heterocycles. The summed E-state index contributed by atoms with van der Waals surface area (Å²) in [6.07, 6.45) is 2.65. The molecule has 2 rings (SSSR count). The van der Waals surface area contributed by atoms with E-state index in [1.807, 2.05) is 0 Å². The zero-order valence-corrected chi connectivity index (χ0v) is 6.04. The van der Waals surface area contributed by atoms with Gasteiger partial charge in [-0.3, -0.25) is 4.79 Å². The van der Waals surface area contributed by atoms with E-state index in [0.717, 1.165) is 4.20 Å². The van der Waals surface area contributed by atoms with Crippen molar-refractivity contribution in [1.29, 1.82) is 0 Å². The minimum atomic E-state index is -0.234. The molecule has 0 spiro atoms. The predicted molar refractivity (Wildman–Crippen MR) is 39.4 cm³/mol. The van der Waals surface area contributed by atoms with Crippen molar-refractivity contribution in [3.05, 3.63) is 22.9 Å². The number of nitrogens with one attached hydrogen (secondary N) is 1. The molecule has 2 aromatic heterocycles. The van der Waals surface area contributed by atoms with Crippen molar-refractivity contribution in [2.24, 2.45) is 0 Å². The maximum absolute atomic E-state index is 11.0. The van der Waals surface area contributed by atoms with Crippen LogP contribution in [0.25, 0.3) is 11.0 Å². The van der Waals surface area contributed by atoms with E-state index in [1.54, 1.807) is 0 Å². The van der Waals surface area contributed by atoms with Crippen LogP contribution in [-0.2, 0) is 0 Å². The zero-order chi connectivity index (χ0) is 7.84. The average Bonchev–Trinajstić information content (AvgIpc) is 2.35. The Morgan fingerprint density at radius 1 is 1.64 bits per heavy atom. The molecule has 0 fully saturated rings. The fourth-order valence-corrected chi connectivity index (χ4v) is 1.01. The molecule has 6 heteroatoms. The summed E-state index contributed by atoms with van der Waals surface area (Å²) in [5.41, 5.74) is 0.136. The second kappa shape index (κ2) is 2.06. The van der Waals surface area contributed by atoms with E-state index >= 15 is 0 Å². The molecule has 5 nitrogen and oxygen atoms in total. The Kier molecular flexibility index (Phi) is 1.19. The largest absolute Gasteiger partial charge is 0.312 e. The highest BCUT2D eigenvalue weighted by atomic mass is 35.5. The topological polar surface area (TPSA) is 63.6 Å². The van der Waals surface area contributed by atoms with Crippen LogP contribution in [0.4, 0.5) is 0 Å². The van der Waals surface area contributed by atoms with Gasteiger partial charge in [0, 0.05) is 11.8 Å². The molecule has 1 N–H and O–H groups in total. The molecule has 0 bridgehead atoms. The predicted octanol–water partition coefficient (Wildman–Crippen LogP) is 0.121. The first-order chi connectivity index (χ1) is 5.29. The van der Waals surface area contributed by atoms with Gasteiger partial charge in [-0.1, -0.05) is 0 Å². The molecule has 2 aromatic rings. The lowest BCUT2D eigenvalue weighted by molar-refractivity contribution is 1.00. The minimum absolute atomic E-state index is 0.234. The second-order valence-corrected chi connectivity index (χ2v) is 2.29. The lowest BCUT2D eigenvalue weighted by Gasteiger charge is -1.86. The van der Waals surface area contributed by atoms with Gasteiger partial charge in [-0.2, -0.15) is 9.30 Å². The van der Waals surface area contributed by atoms with Crippen LogP contribution in [0, 0.1) is 0 Å². The monoisotopic (exact) mass is 170 g/mol. The van der Waals surface area contributed by atoms with Gasteiger partial charge < -0.3 is 4.98 Å². The Morgan fingerprint density at radius 2 is 2.45 bits per heavy atom. The van der Waals surface area contributed by atoms with Gasteiger partial charge in [0.15, 0.2) is 5.65 Å². The third-order valence-electron chi connectivity index (χ3n) is 1.33. The molecule has 0 unspecified atom stereocenters. The first-order valence-electron chi connectivity index (χ1n) is 2.86. The number of aromatic amines is 1. The van der Waals surface area contributed by atoms with Gasteiger partial charge in [-0.05, 0) is 0 Å². The van der Waals surface area contributed by atoms with Crippen molar-refractivity contribution < 1.29 is 0 Å². The number of halogens is 1. The van der Waals surface area contributed by atoms with Crippen molar-refractivity contribution >= 4 is 22.8 Å². The maximum atomic E-state index is 11.0. The Hall–Kier alpha value is -1.36. The van der Waals surface area contributed by atoms with Crippen LogP contribution in [0.5, 0.6) is 0 Å². The number of nitrogens with zero attached hydrogens (tertiary/aromatic N) is 3. The van der Waals surface area contributed by atoms with Crippen molar-refractivity contribution in [3.8, 4) is 0 Å². The van der Waals surface area contributed by atoms with Gasteiger partial charge >= 0.3 is 0 Å². The quantitative estimate of drug-likeness (QED) is 0.611. The van der Waals surface area contributed by atoms with Gasteiger partial charge in [0.2, 0.25) is 0 Å². The van der Waals surface area contributed by atoms with Crippen LogP contribution in [0.2, 0.25) is 0 Å². The SMILES string of the molecule is O=c1[nH]cnc2c1cnn2Cl. The molecule has 0 aromatic carbocycles. The van der Waals surface area contributed by atoms with Crippen LogP contribution in [0.3, 0.4) is 0 Å². The van der Waals surface area contributed by atoms with Gasteiger partial charge in [0.1, 0.15) is 5.39 Å². The summed E-state index contributed by atoms with van der Waals surface area (Å²) in [5, 5.41) is 4.05. The molecule has 0 radical (unpaired) electrons. The van der Waals surface area contributed by atoms with E-state index in [1.165, 1.54) is 12.5 Å². The summed E-state index contributed by atoms with van der Waals surface area (Å²) >= 11 is 5.53. The van der Waals surface area contributed by atoms with Crippen molar-refractivity contribution in [2.45, 2.75) is 0 Å². The fraction of sp³-hybridized carbons (Fsp3) is 0. The molecule has 56 valence electrons. The normalized spacial score (nSPS) is 10.6. The van der Waals surface area contributed by atoms with Gasteiger partial charge in [-0.25, -0.2) is 4.98 Å². The molecular weight excluding hydrogens is 168 g/mol. The van der Waals surface area contributed by atoms with Crippen LogP contribution < -0.4 is 5.56 Å². The smallest absolute Gasteiger partial charge is 0.261 e. The van der Waals surface area contributed by atoms with E-state index in [-0.39, 0.29) is 5.56 Å². The molecular formula is C5H3ClN4O. The molecule has 0 aliphatic rings. The lowest BCUT2D eigenvalue weighted by atomic mass is 10.4. The van der Waals surface area contributed by atoms with Crippen LogP contribution in [0.15, 0.2) is 17.3 Å². The molecule has 0 saturated carbocycles. The molecule has 0 amide bonds. The van der Waals surface area contributed by atoms with E-state index in [2.05, 4.69) is 15.1 Å². The highest BCUT2D eigenvalue weighted by Gasteiger charge is 2.03. The van der Waals surface area contributed by atoms with E-state index in [0.29, 0.717) is 11.0 Å². The lowest BCUT2D eigenvalue weighted by Crippen LogP contribution is -2.04. The summed E-state index contributed by atoms with van der Waals surface area (Å²) in [6.45, 7) is 0. The number of hydrogen-bond acceptors (Lipinski definition) is 3. The standard InChI is InChI=1S/C5H3ClN4O/c6-10-4-3(1-9-10)5(11)8-2-7-4/h1-2H,(H,7,8,11). The summed E-state index contributed by atoms with van der Waals surface area (Å²) < 4.78 is 1.03. The summed E-state index contributed by atoms with van der Waals surface area (Å²) in [4.78, 5) is 17.2. The minimum Gasteiger partial charge on any atom is -0.312 e. The van der Waals surface area contributed by atoms with Crippen LogP contribution in [0.1, 0.15) is 0 Å². The van der Waals surface area contributed by atoms with Crippen LogP contribution >= 0.6 is 11.8 Å². The number of hydrogen-bond donors (Lipinski definition) is 1. The van der Waals surface area contributed by atoms with Gasteiger partial charge in [-0.15, -0.1) is 0 Å². The molecule has 0 aliphatic carbocycles. The van der Waals surface area contributed by atoms with Crippen molar-refractivity contribution in [3.63, 3.8) is 0 Å². The average molecular weight is 171 g/mol. The third kappa shape index (κ3) is 0.813. The highest BCUT2D eigenvalue weighted by Crippen LogP contribution is 2.04. The van der Waals surface area contributed by atoms with E-state index in [9.17, 15) is 4.79 Å². The summed E-state index contributed by atoms with van der Waals surface area (Å²) in [5.74, 6) is 0. The first kappa shape index (κ1) is 6.36. The van der Waals surface area contributed by atoms with Crippen molar-refractivity contribution in [2.75, 3.05) is 0 Å². The molecule has 11 heavy (non-hydrogen) atoms. The Morgan fingerprint density at radius 3 is 3.18 bits per heavy atom.